The molecule has 0 spiro atoms. The Morgan fingerprint density at radius 3 is 2.70 bits per heavy atom. The van der Waals surface area contributed by atoms with E-state index in [-0.39, 0.29) is 0 Å². The van der Waals surface area contributed by atoms with Crippen molar-refractivity contribution in [3.05, 3.63) is 23.9 Å². The van der Waals surface area contributed by atoms with Gasteiger partial charge in [0.25, 0.3) is 0 Å². The highest BCUT2D eigenvalue weighted by molar-refractivity contribution is 5.41. The molecular formula is C17H29N3. The smallest absolute Gasteiger partial charge is 0.128 e. The second-order valence-corrected chi connectivity index (χ2v) is 6.35. The minimum absolute atomic E-state index is 0.538. The predicted octanol–water partition coefficient (Wildman–Crippen LogP) is 3.60. The van der Waals surface area contributed by atoms with Gasteiger partial charge in [-0.1, -0.05) is 27.2 Å². The molecule has 0 unspecified atom stereocenters. The molecule has 1 fully saturated rings. The molecule has 2 heterocycles. The van der Waals surface area contributed by atoms with Gasteiger partial charge in [0.1, 0.15) is 5.82 Å². The van der Waals surface area contributed by atoms with Crippen LogP contribution in [0.1, 0.15) is 52.0 Å². The molecule has 1 aliphatic rings. The van der Waals surface area contributed by atoms with Gasteiger partial charge in [-0.05, 0) is 48.9 Å². The zero-order chi connectivity index (χ0) is 14.4. The fraction of sp³-hybridized carbons (Fsp3) is 0.706. The number of aromatic nitrogens is 1. The molecular weight excluding hydrogens is 246 g/mol. The van der Waals surface area contributed by atoms with E-state index in [9.17, 15) is 0 Å². The van der Waals surface area contributed by atoms with Crippen molar-refractivity contribution in [1.82, 2.24) is 10.3 Å². The molecule has 1 aromatic rings. The van der Waals surface area contributed by atoms with Gasteiger partial charge >= 0.3 is 0 Å². The maximum absolute atomic E-state index is 4.56. The van der Waals surface area contributed by atoms with Crippen molar-refractivity contribution in [3.8, 4) is 0 Å². The van der Waals surface area contributed by atoms with E-state index in [0.29, 0.717) is 5.41 Å². The van der Waals surface area contributed by atoms with Gasteiger partial charge in [0, 0.05) is 25.8 Å². The SMILES string of the molecule is CCCNCc1ccnc(N2CCC(C)(CC)CC2)c1. The van der Waals surface area contributed by atoms with Crippen LogP contribution in [0, 0.1) is 5.41 Å². The molecule has 0 atom stereocenters. The number of rotatable bonds is 6. The highest BCUT2D eigenvalue weighted by Crippen LogP contribution is 2.35. The molecule has 3 nitrogen and oxygen atoms in total. The first kappa shape index (κ1) is 15.3. The zero-order valence-corrected chi connectivity index (χ0v) is 13.3. The van der Waals surface area contributed by atoms with Crippen LogP contribution in [-0.4, -0.2) is 24.6 Å². The third-order valence-electron chi connectivity index (χ3n) is 4.71. The molecule has 1 aliphatic heterocycles. The number of nitrogens with one attached hydrogen (secondary N) is 1. The molecule has 1 aromatic heterocycles. The Morgan fingerprint density at radius 2 is 2.05 bits per heavy atom. The Bertz CT molecular complexity index is 408. The van der Waals surface area contributed by atoms with E-state index in [2.05, 4.69) is 48.1 Å². The third kappa shape index (κ3) is 3.95. The summed E-state index contributed by atoms with van der Waals surface area (Å²) in [5.74, 6) is 1.15. The number of piperidine rings is 1. The average molecular weight is 275 g/mol. The zero-order valence-electron chi connectivity index (χ0n) is 13.3. The van der Waals surface area contributed by atoms with E-state index in [1.54, 1.807) is 0 Å². The molecule has 2 rings (SSSR count). The minimum Gasteiger partial charge on any atom is -0.357 e. The monoisotopic (exact) mass is 275 g/mol. The number of nitrogens with zero attached hydrogens (tertiary/aromatic N) is 2. The van der Waals surface area contributed by atoms with Crippen LogP contribution in [0.2, 0.25) is 0 Å². The topological polar surface area (TPSA) is 28.2 Å². The van der Waals surface area contributed by atoms with Crippen LogP contribution in [0.5, 0.6) is 0 Å². The second-order valence-electron chi connectivity index (χ2n) is 6.35. The summed E-state index contributed by atoms with van der Waals surface area (Å²) in [5.41, 5.74) is 1.88. The average Bonchev–Trinajstić information content (AvgIpc) is 2.49. The van der Waals surface area contributed by atoms with Crippen molar-refractivity contribution in [2.24, 2.45) is 5.41 Å². The molecule has 0 aliphatic carbocycles. The predicted molar refractivity (Wildman–Crippen MR) is 86.1 cm³/mol. The molecule has 0 saturated carbocycles. The first-order chi connectivity index (χ1) is 9.67. The quantitative estimate of drug-likeness (QED) is 0.804. The number of anilines is 1. The highest BCUT2D eigenvalue weighted by atomic mass is 15.2. The maximum atomic E-state index is 4.56. The van der Waals surface area contributed by atoms with Crippen molar-refractivity contribution >= 4 is 5.82 Å². The molecule has 0 radical (unpaired) electrons. The molecule has 1 N–H and O–H groups in total. The van der Waals surface area contributed by atoms with Crippen molar-refractivity contribution < 1.29 is 0 Å². The molecule has 0 amide bonds. The normalized spacial score (nSPS) is 18.2. The summed E-state index contributed by atoms with van der Waals surface area (Å²) in [6.07, 6.45) is 6.98. The first-order valence-corrected chi connectivity index (χ1v) is 8.07. The lowest BCUT2D eigenvalue weighted by Gasteiger charge is -2.39. The fourth-order valence-corrected chi connectivity index (χ4v) is 2.78. The number of hydrogen-bond donors (Lipinski definition) is 1. The van der Waals surface area contributed by atoms with E-state index < -0.39 is 0 Å². The van der Waals surface area contributed by atoms with Gasteiger partial charge in [-0.3, -0.25) is 0 Å². The standard InChI is InChI=1S/C17H29N3/c1-4-9-18-14-15-6-10-19-16(13-15)20-11-7-17(3,5-2)8-12-20/h6,10,13,18H,4-5,7-9,11-12,14H2,1-3H3. The van der Waals surface area contributed by atoms with Crippen LogP contribution < -0.4 is 10.2 Å². The van der Waals surface area contributed by atoms with Gasteiger partial charge in [0.2, 0.25) is 0 Å². The van der Waals surface area contributed by atoms with Crippen molar-refractivity contribution in [1.29, 1.82) is 0 Å². The van der Waals surface area contributed by atoms with Gasteiger partial charge in [-0.2, -0.15) is 0 Å². The van der Waals surface area contributed by atoms with E-state index in [1.165, 1.54) is 31.2 Å². The van der Waals surface area contributed by atoms with Gasteiger partial charge in [0.15, 0.2) is 0 Å². The lowest BCUT2D eigenvalue weighted by atomic mass is 9.78. The van der Waals surface area contributed by atoms with Crippen LogP contribution in [0.25, 0.3) is 0 Å². The van der Waals surface area contributed by atoms with Crippen LogP contribution in [-0.2, 0) is 6.54 Å². The van der Waals surface area contributed by atoms with Crippen molar-refractivity contribution in [2.75, 3.05) is 24.5 Å². The molecule has 112 valence electrons. The Kier molecular flexibility index (Phi) is 5.41. The number of hydrogen-bond acceptors (Lipinski definition) is 3. The van der Waals surface area contributed by atoms with Crippen molar-refractivity contribution in [3.63, 3.8) is 0 Å². The van der Waals surface area contributed by atoms with E-state index in [4.69, 9.17) is 0 Å². The van der Waals surface area contributed by atoms with E-state index >= 15 is 0 Å². The van der Waals surface area contributed by atoms with Gasteiger partial charge in [-0.15, -0.1) is 0 Å². The third-order valence-corrected chi connectivity index (χ3v) is 4.71. The first-order valence-electron chi connectivity index (χ1n) is 8.07. The van der Waals surface area contributed by atoms with Crippen LogP contribution in [0.15, 0.2) is 18.3 Å². The van der Waals surface area contributed by atoms with Crippen LogP contribution in [0.3, 0.4) is 0 Å². The lowest BCUT2D eigenvalue weighted by Crippen LogP contribution is -2.38. The second kappa shape index (κ2) is 7.07. The number of pyridine rings is 1. The minimum atomic E-state index is 0.538. The summed E-state index contributed by atoms with van der Waals surface area (Å²) >= 11 is 0. The Balaban J connectivity index is 1.94. The Labute approximate surface area is 123 Å². The molecule has 0 bridgehead atoms. The maximum Gasteiger partial charge on any atom is 0.128 e. The molecule has 3 heteroatoms. The van der Waals surface area contributed by atoms with Crippen LogP contribution >= 0.6 is 0 Å². The lowest BCUT2D eigenvalue weighted by molar-refractivity contribution is 0.238. The molecule has 20 heavy (non-hydrogen) atoms. The summed E-state index contributed by atoms with van der Waals surface area (Å²) in [4.78, 5) is 7.01. The Hall–Kier alpha value is -1.09. The van der Waals surface area contributed by atoms with E-state index in [1.807, 2.05) is 6.20 Å². The highest BCUT2D eigenvalue weighted by Gasteiger charge is 2.28. The summed E-state index contributed by atoms with van der Waals surface area (Å²) in [5, 5.41) is 3.46. The van der Waals surface area contributed by atoms with Gasteiger partial charge in [0.05, 0.1) is 0 Å². The van der Waals surface area contributed by atoms with Gasteiger partial charge < -0.3 is 10.2 Å². The summed E-state index contributed by atoms with van der Waals surface area (Å²) in [6.45, 7) is 11.2. The largest absolute Gasteiger partial charge is 0.357 e. The van der Waals surface area contributed by atoms with Crippen molar-refractivity contribution in [2.45, 2.75) is 53.0 Å². The van der Waals surface area contributed by atoms with Gasteiger partial charge in [-0.25, -0.2) is 4.98 Å². The molecule has 0 aromatic carbocycles. The fourth-order valence-electron chi connectivity index (χ4n) is 2.78. The summed E-state index contributed by atoms with van der Waals surface area (Å²) in [6, 6.07) is 4.36. The van der Waals surface area contributed by atoms with Crippen LogP contribution in [0.4, 0.5) is 5.82 Å². The van der Waals surface area contributed by atoms with E-state index in [0.717, 1.165) is 32.0 Å². The molecule has 1 saturated heterocycles. The Morgan fingerprint density at radius 1 is 1.30 bits per heavy atom. The summed E-state index contributed by atoms with van der Waals surface area (Å²) < 4.78 is 0. The summed E-state index contributed by atoms with van der Waals surface area (Å²) in [7, 11) is 0.